The third kappa shape index (κ3) is 6.65. The van der Waals surface area contributed by atoms with E-state index >= 15 is 0 Å². The van der Waals surface area contributed by atoms with Crippen LogP contribution in [0.4, 0.5) is 0 Å². The highest BCUT2D eigenvalue weighted by Crippen LogP contribution is 2.27. The summed E-state index contributed by atoms with van der Waals surface area (Å²) in [5, 5.41) is 7.46. The van der Waals surface area contributed by atoms with Crippen molar-refractivity contribution in [2.75, 3.05) is 33.4 Å². The van der Waals surface area contributed by atoms with Crippen LogP contribution in [0.1, 0.15) is 26.3 Å². The van der Waals surface area contributed by atoms with Gasteiger partial charge in [0.1, 0.15) is 0 Å². The Morgan fingerprint density at radius 2 is 2.07 bits per heavy atom. The maximum atomic E-state index is 12.4. The van der Waals surface area contributed by atoms with Crippen LogP contribution in [0.25, 0.3) is 0 Å². The van der Waals surface area contributed by atoms with Gasteiger partial charge in [0.05, 0.1) is 25.5 Å². The van der Waals surface area contributed by atoms with Crippen molar-refractivity contribution in [3.8, 4) is 11.5 Å². The molecular weight excluding hydrogens is 380 g/mol. The molecule has 2 N–H and O–H groups in total. The molecule has 1 aromatic rings. The van der Waals surface area contributed by atoms with E-state index in [0.29, 0.717) is 29.7 Å². The maximum absolute atomic E-state index is 12.4. The van der Waals surface area contributed by atoms with Crippen molar-refractivity contribution in [2.24, 2.45) is 5.10 Å². The minimum absolute atomic E-state index is 0.0230. The zero-order chi connectivity index (χ0) is 20.5. The minimum Gasteiger partial charge on any atom is -0.493 e. The fourth-order valence-corrected chi connectivity index (χ4v) is 3.06. The summed E-state index contributed by atoms with van der Waals surface area (Å²) >= 11 is 5.04. The first kappa shape index (κ1) is 21.9. The number of nitrogens with zero attached hydrogens (tertiary/aromatic N) is 2. The first-order chi connectivity index (χ1) is 13.4. The number of nitrogens with one attached hydrogen (secondary N) is 2. The quantitative estimate of drug-likeness (QED) is 0.402. The largest absolute Gasteiger partial charge is 0.493 e. The zero-order valence-electron chi connectivity index (χ0n) is 16.7. The first-order valence-corrected chi connectivity index (χ1v) is 9.64. The number of benzene rings is 1. The number of methoxy groups -OCH3 is 1. The fraction of sp³-hybridized carbons (Fsp3) is 0.526. The van der Waals surface area contributed by atoms with Crippen molar-refractivity contribution in [2.45, 2.75) is 33.0 Å². The number of morpholine rings is 1. The van der Waals surface area contributed by atoms with Crippen molar-refractivity contribution in [1.82, 2.24) is 15.6 Å². The van der Waals surface area contributed by atoms with E-state index in [0.717, 1.165) is 12.1 Å². The third-order valence-electron chi connectivity index (χ3n) is 4.03. The van der Waals surface area contributed by atoms with Crippen LogP contribution in [0.2, 0.25) is 0 Å². The number of carbonyl (C=O) groups excluding carboxylic acids is 1. The average molecular weight is 409 g/mol. The van der Waals surface area contributed by atoms with Crippen LogP contribution in [-0.4, -0.2) is 67.7 Å². The molecule has 28 heavy (non-hydrogen) atoms. The number of carbonyl (C=O) groups is 1. The summed E-state index contributed by atoms with van der Waals surface area (Å²) in [6.07, 6.45) is 1.67. The molecular formula is C19H28N4O4S. The van der Waals surface area contributed by atoms with Crippen LogP contribution in [0.3, 0.4) is 0 Å². The van der Waals surface area contributed by atoms with Gasteiger partial charge in [0.25, 0.3) is 5.91 Å². The molecule has 0 aromatic heterocycles. The predicted molar refractivity (Wildman–Crippen MR) is 112 cm³/mol. The van der Waals surface area contributed by atoms with Gasteiger partial charge < -0.3 is 24.4 Å². The number of rotatable bonds is 7. The molecule has 1 saturated heterocycles. The standard InChI is InChI=1S/C19H28N4O4S/c1-5-20-19(28)22-21-9-15-6-7-16(17(8-15)25-4)26-12-18(24)23-10-13(2)27-14(3)11-23/h6-9,13-14H,5,10-12H2,1-4H3,(H2,20,22,28)/b21-9-/t13-,14-/m0/s1. The Hall–Kier alpha value is -2.39. The molecule has 0 saturated carbocycles. The van der Waals surface area contributed by atoms with Gasteiger partial charge in [-0.25, -0.2) is 0 Å². The van der Waals surface area contributed by atoms with Crippen LogP contribution in [0.15, 0.2) is 23.3 Å². The number of hydrogen-bond acceptors (Lipinski definition) is 6. The second-order valence-corrected chi connectivity index (χ2v) is 6.89. The monoisotopic (exact) mass is 408 g/mol. The van der Waals surface area contributed by atoms with Gasteiger partial charge in [-0.3, -0.25) is 10.2 Å². The van der Waals surface area contributed by atoms with Gasteiger partial charge in [0.15, 0.2) is 23.2 Å². The van der Waals surface area contributed by atoms with Crippen LogP contribution in [0.5, 0.6) is 11.5 Å². The highest BCUT2D eigenvalue weighted by molar-refractivity contribution is 7.80. The second kappa shape index (κ2) is 10.8. The Labute approximate surface area is 171 Å². The van der Waals surface area contributed by atoms with Crippen molar-refractivity contribution in [3.05, 3.63) is 23.8 Å². The van der Waals surface area contributed by atoms with Gasteiger partial charge in [-0.05, 0) is 56.8 Å². The fourth-order valence-electron chi connectivity index (χ4n) is 2.86. The molecule has 2 rings (SSSR count). The van der Waals surface area contributed by atoms with Crippen molar-refractivity contribution >= 4 is 29.5 Å². The molecule has 154 valence electrons. The van der Waals surface area contributed by atoms with E-state index in [1.165, 1.54) is 0 Å². The molecule has 1 aromatic carbocycles. The summed E-state index contributed by atoms with van der Waals surface area (Å²) in [6.45, 7) is 7.68. The molecule has 0 spiro atoms. The van der Waals surface area contributed by atoms with E-state index in [1.54, 1.807) is 30.4 Å². The second-order valence-electron chi connectivity index (χ2n) is 6.48. The number of hydrazone groups is 1. The smallest absolute Gasteiger partial charge is 0.260 e. The number of amides is 1. The van der Waals surface area contributed by atoms with Crippen molar-refractivity contribution < 1.29 is 19.0 Å². The summed E-state index contributed by atoms with van der Waals surface area (Å²) < 4.78 is 16.7. The van der Waals surface area contributed by atoms with E-state index in [4.69, 9.17) is 26.4 Å². The van der Waals surface area contributed by atoms with Gasteiger partial charge in [-0.1, -0.05) is 0 Å². The zero-order valence-corrected chi connectivity index (χ0v) is 17.5. The van der Waals surface area contributed by atoms with Crippen LogP contribution in [0, 0.1) is 0 Å². The molecule has 8 nitrogen and oxygen atoms in total. The van der Waals surface area contributed by atoms with Gasteiger partial charge in [0.2, 0.25) is 0 Å². The van der Waals surface area contributed by atoms with Gasteiger partial charge >= 0.3 is 0 Å². The lowest BCUT2D eigenvalue weighted by Gasteiger charge is -2.35. The summed E-state index contributed by atoms with van der Waals surface area (Å²) in [5.74, 6) is 0.948. The molecule has 9 heteroatoms. The lowest BCUT2D eigenvalue weighted by molar-refractivity contribution is -0.145. The molecule has 1 heterocycles. The Morgan fingerprint density at radius 1 is 1.36 bits per heavy atom. The Kier molecular flexibility index (Phi) is 8.46. The molecule has 0 radical (unpaired) electrons. The molecule has 0 unspecified atom stereocenters. The van der Waals surface area contributed by atoms with Crippen LogP contribution < -0.4 is 20.2 Å². The average Bonchev–Trinajstić information content (AvgIpc) is 2.66. The maximum Gasteiger partial charge on any atom is 0.260 e. The Morgan fingerprint density at radius 3 is 2.71 bits per heavy atom. The third-order valence-corrected chi connectivity index (χ3v) is 4.26. The first-order valence-electron chi connectivity index (χ1n) is 9.23. The van der Waals surface area contributed by atoms with E-state index in [1.807, 2.05) is 26.8 Å². The highest BCUT2D eigenvalue weighted by atomic mass is 32.1. The molecule has 1 amide bonds. The van der Waals surface area contributed by atoms with Crippen LogP contribution >= 0.6 is 12.2 Å². The summed E-state index contributed by atoms with van der Waals surface area (Å²) in [7, 11) is 1.55. The SMILES string of the molecule is CCNC(=S)N/N=C\c1ccc(OCC(=O)N2C[C@H](C)O[C@@H](C)C2)c(OC)c1. The number of hydrogen-bond donors (Lipinski definition) is 2. The molecule has 1 aliphatic rings. The predicted octanol–water partition coefficient (Wildman–Crippen LogP) is 1.53. The molecule has 2 atom stereocenters. The minimum atomic E-state index is -0.0733. The van der Waals surface area contributed by atoms with E-state index in [-0.39, 0.29) is 24.7 Å². The highest BCUT2D eigenvalue weighted by Gasteiger charge is 2.26. The van der Waals surface area contributed by atoms with Crippen molar-refractivity contribution in [3.63, 3.8) is 0 Å². The van der Waals surface area contributed by atoms with Gasteiger partial charge in [-0.2, -0.15) is 5.10 Å². The molecule has 1 fully saturated rings. The summed E-state index contributed by atoms with van der Waals surface area (Å²) in [6, 6.07) is 5.35. The Bertz CT molecular complexity index is 703. The normalized spacial score (nSPS) is 19.4. The van der Waals surface area contributed by atoms with E-state index < -0.39 is 0 Å². The van der Waals surface area contributed by atoms with E-state index in [2.05, 4.69) is 15.8 Å². The van der Waals surface area contributed by atoms with E-state index in [9.17, 15) is 4.79 Å². The molecule has 1 aliphatic heterocycles. The topological polar surface area (TPSA) is 84.4 Å². The van der Waals surface area contributed by atoms with Gasteiger partial charge in [0, 0.05) is 19.6 Å². The summed E-state index contributed by atoms with van der Waals surface area (Å²) in [4.78, 5) is 14.2. The van der Waals surface area contributed by atoms with Gasteiger partial charge in [-0.15, -0.1) is 0 Å². The molecule has 0 bridgehead atoms. The lowest BCUT2D eigenvalue weighted by Crippen LogP contribution is -2.49. The number of ether oxygens (including phenoxy) is 3. The lowest BCUT2D eigenvalue weighted by atomic mass is 10.2. The van der Waals surface area contributed by atoms with Crippen LogP contribution in [-0.2, 0) is 9.53 Å². The summed E-state index contributed by atoms with van der Waals surface area (Å²) in [5.41, 5.74) is 3.53. The number of thiocarbonyl (C=S) groups is 1. The molecule has 0 aliphatic carbocycles. The Balaban J connectivity index is 1.93. The van der Waals surface area contributed by atoms with Crippen molar-refractivity contribution in [1.29, 1.82) is 0 Å².